The number of carbonyl (C=O) groups is 3. The number of benzene rings is 4. The molecule has 0 aromatic heterocycles. The second-order valence-corrected chi connectivity index (χ2v) is 9.03. The maximum atomic E-state index is 13.4. The molecular formula is C31H25NO5. The molecule has 5 rings (SSSR count). The molecular weight excluding hydrogens is 466 g/mol. The Balaban J connectivity index is 1.62. The normalized spacial score (nSPS) is 16.8. The SMILES string of the molecule is COC(=O)c1ccc(CN2C(=O)C(=O)/C(=C(/O)c3ccc4ccccc4c3)C2c2ccccc2C)cc1. The predicted octanol–water partition coefficient (Wildman–Crippen LogP) is 5.56. The fraction of sp³-hybridized carbons (Fsp3) is 0.129. The van der Waals surface area contributed by atoms with Crippen LogP contribution in [0.3, 0.4) is 0 Å². The smallest absolute Gasteiger partial charge is 0.337 e. The molecule has 1 heterocycles. The molecule has 0 aliphatic carbocycles. The van der Waals surface area contributed by atoms with Gasteiger partial charge in [-0.3, -0.25) is 9.59 Å². The van der Waals surface area contributed by atoms with Crippen molar-refractivity contribution in [3.8, 4) is 0 Å². The number of hydrogen-bond donors (Lipinski definition) is 1. The van der Waals surface area contributed by atoms with Gasteiger partial charge in [0.25, 0.3) is 11.7 Å². The Morgan fingerprint density at radius 1 is 0.865 bits per heavy atom. The lowest BCUT2D eigenvalue weighted by Crippen LogP contribution is -2.29. The molecule has 1 saturated heterocycles. The second-order valence-electron chi connectivity index (χ2n) is 9.03. The number of fused-ring (bicyclic) bond motifs is 1. The summed E-state index contributed by atoms with van der Waals surface area (Å²) in [5, 5.41) is 13.3. The Labute approximate surface area is 214 Å². The molecule has 6 nitrogen and oxygen atoms in total. The van der Waals surface area contributed by atoms with Crippen molar-refractivity contribution in [2.75, 3.05) is 7.11 Å². The van der Waals surface area contributed by atoms with Crippen LogP contribution in [0.1, 0.15) is 38.7 Å². The third-order valence-corrected chi connectivity index (χ3v) is 6.77. The number of ketones is 1. The lowest BCUT2D eigenvalue weighted by molar-refractivity contribution is -0.140. The molecule has 0 bridgehead atoms. The standard InChI is InChI=1S/C31H25NO5/c1-19-7-3-6-10-25(19)27-26(28(33)24-16-15-21-8-4-5-9-23(21)17-24)29(34)30(35)32(27)18-20-11-13-22(14-12-20)31(36)37-2/h3-17,27,33H,18H2,1-2H3/b28-26+. The van der Waals surface area contributed by atoms with Crippen LogP contribution < -0.4 is 0 Å². The van der Waals surface area contributed by atoms with E-state index >= 15 is 0 Å². The average Bonchev–Trinajstić information content (AvgIpc) is 3.17. The molecule has 1 unspecified atom stereocenters. The largest absolute Gasteiger partial charge is 0.507 e. The van der Waals surface area contributed by atoms with Gasteiger partial charge in [-0.1, -0.05) is 72.8 Å². The van der Waals surface area contributed by atoms with Crippen LogP contribution in [-0.4, -0.2) is 34.8 Å². The van der Waals surface area contributed by atoms with Gasteiger partial charge >= 0.3 is 5.97 Å². The fourth-order valence-corrected chi connectivity index (χ4v) is 4.81. The molecule has 4 aromatic rings. The quantitative estimate of drug-likeness (QED) is 0.171. The Hall–Kier alpha value is -4.71. The molecule has 1 aliphatic heterocycles. The van der Waals surface area contributed by atoms with Gasteiger partial charge in [-0.25, -0.2) is 4.79 Å². The number of aryl methyl sites for hydroxylation is 1. The highest BCUT2D eigenvalue weighted by Crippen LogP contribution is 2.41. The summed E-state index contributed by atoms with van der Waals surface area (Å²) in [7, 11) is 1.31. The molecule has 4 aromatic carbocycles. The van der Waals surface area contributed by atoms with Crippen molar-refractivity contribution in [1.82, 2.24) is 4.90 Å². The van der Waals surface area contributed by atoms with Gasteiger partial charge < -0.3 is 14.7 Å². The van der Waals surface area contributed by atoms with E-state index in [-0.39, 0.29) is 17.9 Å². The van der Waals surface area contributed by atoms with Gasteiger partial charge in [-0.2, -0.15) is 0 Å². The fourth-order valence-electron chi connectivity index (χ4n) is 4.81. The van der Waals surface area contributed by atoms with E-state index in [0.29, 0.717) is 11.1 Å². The van der Waals surface area contributed by atoms with Crippen LogP contribution in [0.2, 0.25) is 0 Å². The number of aliphatic hydroxyl groups is 1. The molecule has 1 N–H and O–H groups in total. The van der Waals surface area contributed by atoms with Crippen molar-refractivity contribution in [1.29, 1.82) is 0 Å². The second kappa shape index (κ2) is 9.74. The summed E-state index contributed by atoms with van der Waals surface area (Å²) in [6.45, 7) is 2.04. The number of hydrogen-bond acceptors (Lipinski definition) is 5. The number of esters is 1. The number of carbonyl (C=O) groups excluding carboxylic acids is 3. The van der Waals surface area contributed by atoms with Crippen molar-refractivity contribution < 1.29 is 24.2 Å². The zero-order chi connectivity index (χ0) is 26.1. The maximum absolute atomic E-state index is 13.4. The Morgan fingerprint density at radius 2 is 1.51 bits per heavy atom. The molecule has 0 spiro atoms. The van der Waals surface area contributed by atoms with Crippen LogP contribution in [0.25, 0.3) is 16.5 Å². The first-order valence-electron chi connectivity index (χ1n) is 11.9. The number of Topliss-reactive ketones (excluding diaryl/α,β-unsaturated/α-hetero) is 1. The number of methoxy groups -OCH3 is 1. The molecule has 184 valence electrons. The van der Waals surface area contributed by atoms with Crippen molar-refractivity contribution in [2.45, 2.75) is 19.5 Å². The van der Waals surface area contributed by atoms with E-state index in [1.165, 1.54) is 12.0 Å². The van der Waals surface area contributed by atoms with E-state index in [4.69, 9.17) is 4.74 Å². The van der Waals surface area contributed by atoms with E-state index in [2.05, 4.69) is 0 Å². The van der Waals surface area contributed by atoms with Crippen LogP contribution >= 0.6 is 0 Å². The van der Waals surface area contributed by atoms with Crippen LogP contribution in [0.15, 0.2) is 96.6 Å². The summed E-state index contributed by atoms with van der Waals surface area (Å²) in [4.78, 5) is 40.0. The van der Waals surface area contributed by atoms with E-state index in [9.17, 15) is 19.5 Å². The van der Waals surface area contributed by atoms with Gasteiger partial charge in [0, 0.05) is 12.1 Å². The minimum Gasteiger partial charge on any atom is -0.507 e. The van der Waals surface area contributed by atoms with E-state index in [1.54, 1.807) is 30.3 Å². The lowest BCUT2D eigenvalue weighted by atomic mass is 9.92. The maximum Gasteiger partial charge on any atom is 0.337 e. The topological polar surface area (TPSA) is 83.9 Å². The number of nitrogens with zero attached hydrogens (tertiary/aromatic N) is 1. The van der Waals surface area contributed by atoms with Crippen molar-refractivity contribution in [3.63, 3.8) is 0 Å². The number of amides is 1. The highest BCUT2D eigenvalue weighted by Gasteiger charge is 2.46. The summed E-state index contributed by atoms with van der Waals surface area (Å²) >= 11 is 0. The molecule has 1 atom stereocenters. The van der Waals surface area contributed by atoms with Crippen molar-refractivity contribution >= 4 is 34.2 Å². The van der Waals surface area contributed by atoms with Crippen LogP contribution in [0.4, 0.5) is 0 Å². The average molecular weight is 492 g/mol. The van der Waals surface area contributed by atoms with Gasteiger partial charge in [0.15, 0.2) is 0 Å². The molecule has 1 fully saturated rings. The zero-order valence-electron chi connectivity index (χ0n) is 20.5. The monoisotopic (exact) mass is 491 g/mol. The molecule has 1 amide bonds. The molecule has 6 heteroatoms. The minimum atomic E-state index is -0.770. The Bertz CT molecular complexity index is 1570. The zero-order valence-corrected chi connectivity index (χ0v) is 20.5. The van der Waals surface area contributed by atoms with Crippen molar-refractivity contribution in [2.24, 2.45) is 0 Å². The van der Waals surface area contributed by atoms with Crippen LogP contribution in [0, 0.1) is 6.92 Å². The highest BCUT2D eigenvalue weighted by molar-refractivity contribution is 6.46. The summed E-state index contributed by atoms with van der Waals surface area (Å²) < 4.78 is 4.76. The van der Waals surface area contributed by atoms with Crippen LogP contribution in [-0.2, 0) is 20.9 Å². The summed E-state index contributed by atoms with van der Waals surface area (Å²) in [6, 6.07) is 26.6. The first-order chi connectivity index (χ1) is 17.9. The van der Waals surface area contributed by atoms with Crippen LogP contribution in [0.5, 0.6) is 0 Å². The predicted molar refractivity (Wildman–Crippen MR) is 141 cm³/mol. The Kier molecular flexibility index (Phi) is 6.32. The molecule has 1 aliphatic rings. The summed E-state index contributed by atoms with van der Waals surface area (Å²) in [5.41, 5.74) is 3.30. The number of aliphatic hydroxyl groups excluding tert-OH is 1. The first kappa shape index (κ1) is 24.0. The third kappa shape index (κ3) is 4.38. The van der Waals surface area contributed by atoms with Crippen molar-refractivity contribution in [3.05, 3.63) is 124 Å². The first-order valence-corrected chi connectivity index (χ1v) is 11.9. The summed E-state index contributed by atoms with van der Waals surface area (Å²) in [6.07, 6.45) is 0. The molecule has 37 heavy (non-hydrogen) atoms. The molecule has 0 saturated carbocycles. The molecule has 0 radical (unpaired) electrons. The van der Waals surface area contributed by atoms with E-state index in [0.717, 1.165) is 27.5 Å². The van der Waals surface area contributed by atoms with E-state index in [1.807, 2.05) is 67.6 Å². The third-order valence-electron chi connectivity index (χ3n) is 6.77. The minimum absolute atomic E-state index is 0.0563. The van der Waals surface area contributed by atoms with Gasteiger partial charge in [-0.05, 0) is 52.6 Å². The number of likely N-dealkylation sites (tertiary alicyclic amines) is 1. The van der Waals surface area contributed by atoms with E-state index < -0.39 is 23.7 Å². The highest BCUT2D eigenvalue weighted by atomic mass is 16.5. The lowest BCUT2D eigenvalue weighted by Gasteiger charge is -2.26. The summed E-state index contributed by atoms with van der Waals surface area (Å²) in [5.74, 6) is -2.08. The van der Waals surface area contributed by atoms with Gasteiger partial charge in [-0.15, -0.1) is 0 Å². The number of rotatable bonds is 5. The van der Waals surface area contributed by atoms with Gasteiger partial charge in [0.2, 0.25) is 0 Å². The van der Waals surface area contributed by atoms with Gasteiger partial charge in [0.1, 0.15) is 5.76 Å². The number of ether oxygens (including phenoxy) is 1. The van der Waals surface area contributed by atoms with Gasteiger partial charge in [0.05, 0.1) is 24.3 Å². The Morgan fingerprint density at radius 3 is 2.22 bits per heavy atom.